The molecule has 2 aromatic rings. The zero-order valence-corrected chi connectivity index (χ0v) is 12.7. The Balaban J connectivity index is 1.61. The second kappa shape index (κ2) is 7.04. The highest BCUT2D eigenvalue weighted by atomic mass is 16.3. The van der Waals surface area contributed by atoms with Gasteiger partial charge in [-0.25, -0.2) is 0 Å². The van der Waals surface area contributed by atoms with Crippen molar-refractivity contribution in [3.05, 3.63) is 42.1 Å². The molecule has 1 atom stereocenters. The monoisotopic (exact) mass is 283 g/mol. The summed E-state index contributed by atoms with van der Waals surface area (Å²) in [6.07, 6.45) is 9.39. The first-order valence-electron chi connectivity index (χ1n) is 8.34. The molecule has 1 unspecified atom stereocenters. The van der Waals surface area contributed by atoms with Crippen molar-refractivity contribution >= 4 is 10.9 Å². The van der Waals surface area contributed by atoms with Gasteiger partial charge in [-0.1, -0.05) is 62.8 Å². The summed E-state index contributed by atoms with van der Waals surface area (Å²) in [7, 11) is 0. The molecule has 0 amide bonds. The fourth-order valence-electron chi connectivity index (χ4n) is 3.53. The number of aliphatic hydroxyl groups is 1. The molecule has 112 valence electrons. The van der Waals surface area contributed by atoms with E-state index in [1.807, 2.05) is 18.2 Å². The molecule has 1 aliphatic carbocycles. The van der Waals surface area contributed by atoms with E-state index in [2.05, 4.69) is 23.2 Å². The number of hydrogen-bond donors (Lipinski definition) is 1. The fourth-order valence-corrected chi connectivity index (χ4v) is 3.53. The number of fused-ring (bicyclic) bond motifs is 1. The SMILES string of the molecule is OC(Cc1ccc2ccccc2n1)CC1CCCCCC1. The summed E-state index contributed by atoms with van der Waals surface area (Å²) < 4.78 is 0. The van der Waals surface area contributed by atoms with Gasteiger partial charge in [-0.15, -0.1) is 0 Å². The largest absolute Gasteiger partial charge is 0.393 e. The molecule has 1 aromatic heterocycles. The van der Waals surface area contributed by atoms with Crippen LogP contribution in [0.4, 0.5) is 0 Å². The number of para-hydroxylation sites is 1. The molecule has 2 heteroatoms. The Morgan fingerprint density at radius 2 is 1.76 bits per heavy atom. The number of hydrogen-bond acceptors (Lipinski definition) is 2. The number of pyridine rings is 1. The third-order valence-electron chi connectivity index (χ3n) is 4.68. The molecule has 1 N–H and O–H groups in total. The minimum Gasteiger partial charge on any atom is -0.393 e. The summed E-state index contributed by atoms with van der Waals surface area (Å²) in [5.41, 5.74) is 2.03. The summed E-state index contributed by atoms with van der Waals surface area (Å²) >= 11 is 0. The van der Waals surface area contributed by atoms with Crippen molar-refractivity contribution in [3.63, 3.8) is 0 Å². The molecular weight excluding hydrogens is 258 g/mol. The van der Waals surface area contributed by atoms with E-state index in [-0.39, 0.29) is 6.10 Å². The number of aromatic nitrogens is 1. The summed E-state index contributed by atoms with van der Waals surface area (Å²) in [5, 5.41) is 11.5. The minimum atomic E-state index is -0.248. The van der Waals surface area contributed by atoms with Gasteiger partial charge in [0.2, 0.25) is 0 Å². The fraction of sp³-hybridized carbons (Fsp3) is 0.526. The molecule has 1 fully saturated rings. The normalized spacial score (nSPS) is 18.5. The van der Waals surface area contributed by atoms with E-state index in [9.17, 15) is 5.11 Å². The van der Waals surface area contributed by atoms with E-state index in [0.29, 0.717) is 12.3 Å². The van der Waals surface area contributed by atoms with Crippen LogP contribution >= 0.6 is 0 Å². The van der Waals surface area contributed by atoms with Crippen LogP contribution in [-0.4, -0.2) is 16.2 Å². The summed E-state index contributed by atoms with van der Waals surface area (Å²) in [6.45, 7) is 0. The van der Waals surface area contributed by atoms with Crippen LogP contribution in [0.5, 0.6) is 0 Å². The van der Waals surface area contributed by atoms with Crippen molar-refractivity contribution in [1.29, 1.82) is 0 Å². The maximum atomic E-state index is 10.4. The lowest BCUT2D eigenvalue weighted by molar-refractivity contribution is 0.136. The predicted octanol–water partition coefficient (Wildman–Crippen LogP) is 4.50. The Morgan fingerprint density at radius 1 is 1.00 bits per heavy atom. The molecule has 1 heterocycles. The lowest BCUT2D eigenvalue weighted by atomic mass is 9.92. The van der Waals surface area contributed by atoms with Gasteiger partial charge in [0.15, 0.2) is 0 Å². The van der Waals surface area contributed by atoms with Crippen LogP contribution in [-0.2, 0) is 6.42 Å². The quantitative estimate of drug-likeness (QED) is 0.838. The van der Waals surface area contributed by atoms with E-state index >= 15 is 0 Å². The highest BCUT2D eigenvalue weighted by Gasteiger charge is 2.17. The van der Waals surface area contributed by atoms with Gasteiger partial charge in [-0.05, 0) is 24.5 Å². The molecule has 0 saturated heterocycles. The molecule has 3 rings (SSSR count). The lowest BCUT2D eigenvalue weighted by Crippen LogP contribution is -2.16. The van der Waals surface area contributed by atoms with Gasteiger partial charge in [0.05, 0.1) is 11.6 Å². The van der Waals surface area contributed by atoms with Crippen LogP contribution in [0, 0.1) is 5.92 Å². The molecule has 1 aromatic carbocycles. The first-order valence-corrected chi connectivity index (χ1v) is 8.34. The van der Waals surface area contributed by atoms with Crippen molar-refractivity contribution in [2.45, 2.75) is 57.5 Å². The van der Waals surface area contributed by atoms with Crippen molar-refractivity contribution < 1.29 is 5.11 Å². The van der Waals surface area contributed by atoms with Gasteiger partial charge in [0.25, 0.3) is 0 Å². The average Bonchev–Trinajstić information content (AvgIpc) is 2.75. The van der Waals surface area contributed by atoms with Gasteiger partial charge in [-0.3, -0.25) is 4.98 Å². The van der Waals surface area contributed by atoms with E-state index < -0.39 is 0 Å². The zero-order valence-electron chi connectivity index (χ0n) is 12.7. The van der Waals surface area contributed by atoms with Crippen molar-refractivity contribution in [2.75, 3.05) is 0 Å². The molecule has 0 aliphatic heterocycles. The summed E-state index contributed by atoms with van der Waals surface area (Å²) in [4.78, 5) is 4.67. The zero-order chi connectivity index (χ0) is 14.5. The molecule has 2 nitrogen and oxygen atoms in total. The number of nitrogens with zero attached hydrogens (tertiary/aromatic N) is 1. The highest BCUT2D eigenvalue weighted by Crippen LogP contribution is 2.27. The average molecular weight is 283 g/mol. The molecule has 1 aliphatic rings. The Morgan fingerprint density at radius 3 is 2.57 bits per heavy atom. The van der Waals surface area contributed by atoms with Crippen LogP contribution in [0.15, 0.2) is 36.4 Å². The van der Waals surface area contributed by atoms with E-state index in [4.69, 9.17) is 0 Å². The number of rotatable bonds is 4. The Hall–Kier alpha value is -1.41. The van der Waals surface area contributed by atoms with Crippen LogP contribution in [0.25, 0.3) is 10.9 Å². The van der Waals surface area contributed by atoms with Gasteiger partial charge in [0.1, 0.15) is 0 Å². The predicted molar refractivity (Wildman–Crippen MR) is 87.3 cm³/mol. The Bertz CT molecular complexity index is 573. The molecule has 1 saturated carbocycles. The molecule has 0 bridgehead atoms. The third-order valence-corrected chi connectivity index (χ3v) is 4.68. The van der Waals surface area contributed by atoms with Gasteiger partial charge >= 0.3 is 0 Å². The standard InChI is InChI=1S/C19H25NO/c21-18(13-15-7-3-1-2-4-8-15)14-17-12-11-16-9-5-6-10-19(16)20-17/h5-6,9-12,15,18,21H,1-4,7-8,13-14H2. The van der Waals surface area contributed by atoms with Crippen LogP contribution in [0.1, 0.15) is 50.6 Å². The molecule has 0 spiro atoms. The van der Waals surface area contributed by atoms with E-state index in [0.717, 1.165) is 17.6 Å². The number of benzene rings is 1. The first-order chi connectivity index (χ1) is 10.3. The lowest BCUT2D eigenvalue weighted by Gasteiger charge is -2.18. The first kappa shape index (κ1) is 14.5. The number of aliphatic hydroxyl groups excluding tert-OH is 1. The maximum Gasteiger partial charge on any atom is 0.0705 e. The Labute approximate surface area is 127 Å². The maximum absolute atomic E-state index is 10.4. The molecule has 21 heavy (non-hydrogen) atoms. The van der Waals surface area contributed by atoms with Gasteiger partial charge in [0, 0.05) is 17.5 Å². The van der Waals surface area contributed by atoms with Crippen LogP contribution in [0.2, 0.25) is 0 Å². The van der Waals surface area contributed by atoms with E-state index in [1.165, 1.54) is 43.9 Å². The summed E-state index contributed by atoms with van der Waals surface area (Å²) in [6, 6.07) is 12.3. The van der Waals surface area contributed by atoms with E-state index in [1.54, 1.807) is 0 Å². The molecule has 0 radical (unpaired) electrons. The van der Waals surface area contributed by atoms with Gasteiger partial charge in [-0.2, -0.15) is 0 Å². The summed E-state index contributed by atoms with van der Waals surface area (Å²) in [5.74, 6) is 0.711. The van der Waals surface area contributed by atoms with Crippen molar-refractivity contribution in [3.8, 4) is 0 Å². The third kappa shape index (κ3) is 4.04. The molecular formula is C19H25NO. The van der Waals surface area contributed by atoms with Crippen molar-refractivity contribution in [2.24, 2.45) is 5.92 Å². The second-order valence-corrected chi connectivity index (χ2v) is 6.45. The van der Waals surface area contributed by atoms with Crippen LogP contribution in [0.3, 0.4) is 0 Å². The second-order valence-electron chi connectivity index (χ2n) is 6.45. The Kier molecular flexibility index (Phi) is 4.87. The van der Waals surface area contributed by atoms with Gasteiger partial charge < -0.3 is 5.11 Å². The highest BCUT2D eigenvalue weighted by molar-refractivity contribution is 5.78. The minimum absolute atomic E-state index is 0.248. The smallest absolute Gasteiger partial charge is 0.0705 e. The topological polar surface area (TPSA) is 33.1 Å². The van der Waals surface area contributed by atoms with Crippen molar-refractivity contribution in [1.82, 2.24) is 4.98 Å². The van der Waals surface area contributed by atoms with Crippen LogP contribution < -0.4 is 0 Å².